The molecule has 4 bridgehead atoms. The van der Waals surface area contributed by atoms with Crippen molar-refractivity contribution in [2.45, 2.75) is 97.7 Å². The summed E-state index contributed by atoms with van der Waals surface area (Å²) < 4.78 is 13.3. The van der Waals surface area contributed by atoms with Crippen LogP contribution in [0.1, 0.15) is 60.8 Å². The highest BCUT2D eigenvalue weighted by molar-refractivity contribution is 5.97. The van der Waals surface area contributed by atoms with E-state index < -0.39 is 34.2 Å². The van der Waals surface area contributed by atoms with E-state index in [1.54, 1.807) is 12.1 Å². The largest absolute Gasteiger partial charge is 0.504 e. The van der Waals surface area contributed by atoms with E-state index in [9.17, 15) is 20.4 Å². The van der Waals surface area contributed by atoms with Gasteiger partial charge in [-0.3, -0.25) is 9.80 Å². The Morgan fingerprint density at radius 3 is 1.56 bits per heavy atom. The Morgan fingerprint density at radius 1 is 0.708 bits per heavy atom. The number of hydrogen-bond donors (Lipinski definition) is 4. The number of hydrogen-bond acceptors (Lipinski definition) is 10. The van der Waals surface area contributed by atoms with Crippen molar-refractivity contribution in [3.8, 4) is 23.0 Å². The van der Waals surface area contributed by atoms with Crippen molar-refractivity contribution in [1.29, 1.82) is 0 Å². The Bertz CT molecular complexity index is 1740. The van der Waals surface area contributed by atoms with Gasteiger partial charge in [-0.25, -0.2) is 0 Å². The lowest BCUT2D eigenvalue weighted by atomic mass is 9.48. The summed E-state index contributed by atoms with van der Waals surface area (Å²) in [6.07, 6.45) is 7.42. The van der Waals surface area contributed by atoms with Gasteiger partial charge in [0, 0.05) is 49.4 Å². The molecule has 10 heteroatoms. The first-order valence-corrected chi connectivity index (χ1v) is 17.5. The molecule has 4 aliphatic heterocycles. The average Bonchev–Trinajstić information content (AvgIpc) is 3.61. The number of piperidine rings is 2. The standard InChI is InChI=1S/C38H42N4O6/c1-3-15-41-17-13-35-29-21-5-7-25(43)31(29)47-33(35)23(9-11-37(35,45)27(41)19-21)39-40-24-10-12-38(46)28-20-22-6-8-26(44)32-30(22)36(38,34(24)48-32)14-18-42(28)16-4-2/h3-8,27-28,33-34,43-46H,1-2,9-20H2/b39-23+,40-24+. The number of nitrogens with zero attached hydrogens (tertiary/aromatic N) is 4. The number of phenols is 2. The summed E-state index contributed by atoms with van der Waals surface area (Å²) >= 11 is 0. The van der Waals surface area contributed by atoms with Crippen LogP contribution in [0.3, 0.4) is 0 Å². The molecule has 8 unspecified atom stereocenters. The first kappa shape index (κ1) is 29.2. The Hall–Kier alpha value is -3.70. The average molecular weight is 651 g/mol. The fourth-order valence-electron chi connectivity index (χ4n) is 12.0. The molecule has 8 aliphatic rings. The van der Waals surface area contributed by atoms with Crippen LogP contribution < -0.4 is 9.47 Å². The molecule has 0 aromatic heterocycles. The van der Waals surface area contributed by atoms with Crippen LogP contribution >= 0.6 is 0 Å². The van der Waals surface area contributed by atoms with Crippen molar-refractivity contribution >= 4 is 11.4 Å². The molecule has 0 amide bonds. The minimum absolute atomic E-state index is 0.0885. The smallest absolute Gasteiger partial charge is 0.166 e. The van der Waals surface area contributed by atoms with Gasteiger partial charge in [-0.15, -0.1) is 13.2 Å². The highest BCUT2D eigenvalue weighted by atomic mass is 16.5. The highest BCUT2D eigenvalue weighted by Crippen LogP contribution is 2.66. The van der Waals surface area contributed by atoms with E-state index in [1.807, 2.05) is 24.3 Å². The van der Waals surface area contributed by atoms with Gasteiger partial charge in [-0.05, 0) is 74.6 Å². The van der Waals surface area contributed by atoms with Crippen molar-refractivity contribution in [2.75, 3.05) is 26.2 Å². The Balaban J connectivity index is 1.08. The maximum Gasteiger partial charge on any atom is 0.166 e. The van der Waals surface area contributed by atoms with Crippen LogP contribution in [0.15, 0.2) is 59.8 Å². The summed E-state index contributed by atoms with van der Waals surface area (Å²) in [6.45, 7) is 10.9. The second-order valence-corrected chi connectivity index (χ2v) is 15.4. The second-order valence-electron chi connectivity index (χ2n) is 15.4. The molecule has 4 aliphatic carbocycles. The lowest BCUT2D eigenvalue weighted by Gasteiger charge is -2.63. The third-order valence-corrected chi connectivity index (χ3v) is 13.8. The van der Waals surface area contributed by atoms with Crippen molar-refractivity contribution in [1.82, 2.24) is 9.80 Å². The molecule has 250 valence electrons. The maximum atomic E-state index is 12.7. The quantitative estimate of drug-likeness (QED) is 0.287. The Kier molecular flexibility index (Phi) is 5.79. The van der Waals surface area contributed by atoms with E-state index in [0.717, 1.165) is 46.8 Å². The number of rotatable bonds is 5. The van der Waals surface area contributed by atoms with Gasteiger partial charge in [0.25, 0.3) is 0 Å². The fraction of sp³-hybridized carbons (Fsp3) is 0.526. The summed E-state index contributed by atoms with van der Waals surface area (Å²) in [5.41, 5.74) is 1.99. The SMILES string of the molecule is C=CCN1CCC23c4c5ccc(O)c4OC2/C(=N/N=C2\CCC4(O)C6Cc7ccc(O)c8c7C4(CCN6CC=C)C2O8)CCC3(O)C1C5. The van der Waals surface area contributed by atoms with E-state index in [1.165, 1.54) is 0 Å². The Morgan fingerprint density at radius 2 is 1.15 bits per heavy atom. The zero-order chi connectivity index (χ0) is 32.8. The first-order valence-electron chi connectivity index (χ1n) is 17.5. The molecule has 10 nitrogen and oxygen atoms in total. The number of phenolic OH excluding ortho intramolecular Hbond substituents is 2. The number of benzene rings is 2. The molecule has 2 saturated heterocycles. The normalized spacial score (nSPS) is 41.4. The Labute approximate surface area is 279 Å². The zero-order valence-electron chi connectivity index (χ0n) is 27.1. The maximum absolute atomic E-state index is 12.7. The topological polar surface area (TPSA) is 131 Å². The number of likely N-dealkylation sites (tertiary alicyclic amines) is 2. The van der Waals surface area contributed by atoms with Crippen LogP contribution in [0.2, 0.25) is 0 Å². The van der Waals surface area contributed by atoms with Gasteiger partial charge in [-0.1, -0.05) is 24.3 Å². The first-order chi connectivity index (χ1) is 23.2. The molecule has 48 heavy (non-hydrogen) atoms. The predicted octanol–water partition coefficient (Wildman–Crippen LogP) is 3.28. The van der Waals surface area contributed by atoms with E-state index in [2.05, 4.69) is 23.0 Å². The van der Waals surface area contributed by atoms with Gasteiger partial charge < -0.3 is 29.9 Å². The third-order valence-electron chi connectivity index (χ3n) is 13.8. The van der Waals surface area contributed by atoms with Crippen molar-refractivity contribution < 1.29 is 29.9 Å². The molecular formula is C38H42N4O6. The number of ether oxygens (including phenoxy) is 2. The monoisotopic (exact) mass is 650 g/mol. The highest BCUT2D eigenvalue weighted by Gasteiger charge is 2.74. The van der Waals surface area contributed by atoms with Gasteiger partial charge in [0.05, 0.1) is 33.5 Å². The van der Waals surface area contributed by atoms with Gasteiger partial charge in [0.15, 0.2) is 35.2 Å². The lowest BCUT2D eigenvalue weighted by molar-refractivity contribution is -0.164. The number of aliphatic hydroxyl groups is 2. The fourth-order valence-corrected chi connectivity index (χ4v) is 12.0. The van der Waals surface area contributed by atoms with Crippen molar-refractivity contribution in [3.05, 3.63) is 71.8 Å². The summed E-state index contributed by atoms with van der Waals surface area (Å²) in [7, 11) is 0. The molecule has 2 saturated carbocycles. The van der Waals surface area contributed by atoms with Crippen LogP contribution in [-0.4, -0.2) is 103 Å². The van der Waals surface area contributed by atoms with E-state index in [0.29, 0.717) is 76.0 Å². The molecule has 0 radical (unpaired) electrons. The molecule has 4 fully saturated rings. The van der Waals surface area contributed by atoms with Gasteiger partial charge >= 0.3 is 0 Å². The molecule has 2 spiro atoms. The molecule has 8 atom stereocenters. The van der Waals surface area contributed by atoms with Gasteiger partial charge in [0.1, 0.15) is 0 Å². The third kappa shape index (κ3) is 3.15. The summed E-state index contributed by atoms with van der Waals surface area (Å²) in [5.74, 6) is 1.11. The molecule has 10 rings (SSSR count). The van der Waals surface area contributed by atoms with Gasteiger partial charge in [0.2, 0.25) is 0 Å². The molecule has 4 heterocycles. The van der Waals surface area contributed by atoms with Crippen LogP contribution in [0, 0.1) is 0 Å². The summed E-state index contributed by atoms with van der Waals surface area (Å²) in [4.78, 5) is 4.68. The summed E-state index contributed by atoms with van der Waals surface area (Å²) in [5, 5.41) is 57.4. The van der Waals surface area contributed by atoms with E-state index in [4.69, 9.17) is 19.7 Å². The van der Waals surface area contributed by atoms with Crippen LogP contribution in [0.4, 0.5) is 0 Å². The molecule has 4 N–H and O–H groups in total. The molecular weight excluding hydrogens is 608 g/mol. The van der Waals surface area contributed by atoms with Crippen molar-refractivity contribution in [2.24, 2.45) is 10.2 Å². The second kappa shape index (κ2) is 9.50. The van der Waals surface area contributed by atoms with E-state index >= 15 is 0 Å². The zero-order valence-corrected chi connectivity index (χ0v) is 27.1. The van der Waals surface area contributed by atoms with E-state index in [-0.39, 0.29) is 23.6 Å². The molecule has 2 aromatic carbocycles. The molecule has 2 aromatic rings. The lowest BCUT2D eigenvalue weighted by Crippen LogP contribution is -2.76. The van der Waals surface area contributed by atoms with Crippen LogP contribution in [0.25, 0.3) is 0 Å². The minimum atomic E-state index is -1.06. The van der Waals surface area contributed by atoms with Crippen molar-refractivity contribution in [3.63, 3.8) is 0 Å². The summed E-state index contributed by atoms with van der Waals surface area (Å²) in [6, 6.07) is 7.18. The van der Waals surface area contributed by atoms with Gasteiger partial charge in [-0.2, -0.15) is 10.2 Å². The predicted molar refractivity (Wildman–Crippen MR) is 179 cm³/mol. The van der Waals surface area contributed by atoms with Crippen LogP contribution in [0.5, 0.6) is 23.0 Å². The minimum Gasteiger partial charge on any atom is -0.504 e. The number of aromatic hydroxyl groups is 2. The van der Waals surface area contributed by atoms with Crippen LogP contribution in [-0.2, 0) is 23.7 Å².